The van der Waals surface area contributed by atoms with Crippen molar-refractivity contribution in [1.82, 2.24) is 4.90 Å². The molecule has 1 fully saturated rings. The van der Waals surface area contributed by atoms with Gasteiger partial charge in [-0.3, -0.25) is 4.90 Å². The summed E-state index contributed by atoms with van der Waals surface area (Å²) in [5.41, 5.74) is 6.66. The molecule has 1 aliphatic carbocycles. The first-order chi connectivity index (χ1) is 7.29. The molecule has 2 atom stereocenters. The molecule has 0 heterocycles. The van der Waals surface area contributed by atoms with E-state index in [0.717, 1.165) is 12.5 Å². The Morgan fingerprint density at radius 1 is 1.31 bits per heavy atom. The molecule has 0 spiro atoms. The van der Waals surface area contributed by atoms with E-state index in [9.17, 15) is 0 Å². The Morgan fingerprint density at radius 2 is 1.81 bits per heavy atom. The second-order valence-corrected chi connectivity index (χ2v) is 6.59. The number of likely N-dealkylation sites (N-methyl/N-ethyl adjacent to an activating group) is 1. The maximum absolute atomic E-state index is 6.10. The summed E-state index contributed by atoms with van der Waals surface area (Å²) < 4.78 is 0. The van der Waals surface area contributed by atoms with Gasteiger partial charge in [0.1, 0.15) is 0 Å². The summed E-state index contributed by atoms with van der Waals surface area (Å²) in [6, 6.07) is 0.566. The Labute approximate surface area is 102 Å². The largest absolute Gasteiger partial charge is 0.329 e. The van der Waals surface area contributed by atoms with E-state index >= 15 is 0 Å². The van der Waals surface area contributed by atoms with Crippen molar-refractivity contribution in [3.05, 3.63) is 0 Å². The standard InChI is InChI=1S/C14H30N2/c1-7-14(10-15,12-8-9-12)16(6)11(2)13(3,4)5/h11-12H,7-10,15H2,1-6H3. The van der Waals surface area contributed by atoms with Gasteiger partial charge in [-0.05, 0) is 44.6 Å². The summed E-state index contributed by atoms with van der Waals surface area (Å²) in [4.78, 5) is 2.56. The van der Waals surface area contributed by atoms with Gasteiger partial charge in [0, 0.05) is 18.1 Å². The molecule has 0 aromatic carbocycles. The van der Waals surface area contributed by atoms with E-state index < -0.39 is 0 Å². The van der Waals surface area contributed by atoms with Gasteiger partial charge in [0.05, 0.1) is 0 Å². The highest BCUT2D eigenvalue weighted by Crippen LogP contribution is 2.46. The van der Waals surface area contributed by atoms with Gasteiger partial charge in [-0.15, -0.1) is 0 Å². The number of rotatable bonds is 5. The van der Waals surface area contributed by atoms with Crippen LogP contribution in [0.25, 0.3) is 0 Å². The monoisotopic (exact) mass is 226 g/mol. The zero-order valence-electron chi connectivity index (χ0n) is 12.0. The van der Waals surface area contributed by atoms with E-state index in [1.165, 1.54) is 19.3 Å². The maximum Gasteiger partial charge on any atom is 0.0357 e. The minimum Gasteiger partial charge on any atom is -0.329 e. The zero-order valence-corrected chi connectivity index (χ0v) is 12.0. The molecule has 96 valence electrons. The van der Waals surface area contributed by atoms with Crippen molar-refractivity contribution in [3.63, 3.8) is 0 Å². The molecule has 1 aliphatic rings. The van der Waals surface area contributed by atoms with E-state index in [1.54, 1.807) is 0 Å². The Bertz CT molecular complexity index is 221. The molecular weight excluding hydrogens is 196 g/mol. The zero-order chi connectivity index (χ0) is 12.6. The predicted molar refractivity (Wildman–Crippen MR) is 71.5 cm³/mol. The molecule has 0 aromatic heterocycles. The fraction of sp³-hybridized carbons (Fsp3) is 1.00. The third kappa shape index (κ3) is 2.43. The third-order valence-electron chi connectivity index (χ3n) is 4.84. The first kappa shape index (κ1) is 14.0. The van der Waals surface area contributed by atoms with Crippen molar-refractivity contribution in [2.24, 2.45) is 17.1 Å². The minimum atomic E-state index is 0.243. The van der Waals surface area contributed by atoms with Crippen LogP contribution >= 0.6 is 0 Å². The van der Waals surface area contributed by atoms with E-state index in [0.29, 0.717) is 11.5 Å². The summed E-state index contributed by atoms with van der Waals surface area (Å²) in [5, 5.41) is 0. The van der Waals surface area contributed by atoms with Crippen molar-refractivity contribution in [1.29, 1.82) is 0 Å². The van der Waals surface area contributed by atoms with Gasteiger partial charge >= 0.3 is 0 Å². The second kappa shape index (κ2) is 4.66. The van der Waals surface area contributed by atoms with Gasteiger partial charge < -0.3 is 5.73 Å². The van der Waals surface area contributed by atoms with Gasteiger partial charge in [0.15, 0.2) is 0 Å². The molecule has 16 heavy (non-hydrogen) atoms. The lowest BCUT2D eigenvalue weighted by atomic mass is 9.81. The predicted octanol–water partition coefficient (Wildman–Crippen LogP) is 2.87. The average Bonchev–Trinajstić information content (AvgIpc) is 3.02. The Kier molecular flexibility index (Phi) is 4.07. The topological polar surface area (TPSA) is 29.3 Å². The minimum absolute atomic E-state index is 0.243. The molecule has 2 heteroatoms. The molecule has 2 unspecified atom stereocenters. The van der Waals surface area contributed by atoms with Crippen LogP contribution in [-0.4, -0.2) is 30.1 Å². The van der Waals surface area contributed by atoms with E-state index in [4.69, 9.17) is 5.73 Å². The van der Waals surface area contributed by atoms with Crippen LogP contribution < -0.4 is 5.73 Å². The second-order valence-electron chi connectivity index (χ2n) is 6.59. The molecule has 1 saturated carbocycles. The van der Waals surface area contributed by atoms with Crippen LogP contribution in [0.4, 0.5) is 0 Å². The van der Waals surface area contributed by atoms with E-state index in [-0.39, 0.29) is 5.54 Å². The first-order valence-corrected chi connectivity index (χ1v) is 6.72. The third-order valence-corrected chi connectivity index (χ3v) is 4.84. The molecule has 2 N–H and O–H groups in total. The summed E-state index contributed by atoms with van der Waals surface area (Å²) in [6.07, 6.45) is 3.91. The van der Waals surface area contributed by atoms with Crippen LogP contribution in [0.15, 0.2) is 0 Å². The van der Waals surface area contributed by atoms with Crippen molar-refractivity contribution in [3.8, 4) is 0 Å². The Hall–Kier alpha value is -0.0800. The van der Waals surface area contributed by atoms with Crippen molar-refractivity contribution in [2.75, 3.05) is 13.6 Å². The van der Waals surface area contributed by atoms with Gasteiger partial charge in [0.25, 0.3) is 0 Å². The summed E-state index contributed by atoms with van der Waals surface area (Å²) in [7, 11) is 2.27. The Balaban J connectivity index is 2.86. The smallest absolute Gasteiger partial charge is 0.0357 e. The van der Waals surface area contributed by atoms with Crippen LogP contribution in [0.3, 0.4) is 0 Å². The van der Waals surface area contributed by atoms with Crippen LogP contribution in [0.2, 0.25) is 0 Å². The molecule has 0 radical (unpaired) electrons. The molecule has 0 aromatic rings. The highest BCUT2D eigenvalue weighted by Gasteiger charge is 2.48. The summed E-state index contributed by atoms with van der Waals surface area (Å²) >= 11 is 0. The maximum atomic E-state index is 6.10. The highest BCUT2D eigenvalue weighted by molar-refractivity contribution is 5.04. The molecule has 0 aliphatic heterocycles. The average molecular weight is 226 g/mol. The van der Waals surface area contributed by atoms with Gasteiger partial charge in [-0.2, -0.15) is 0 Å². The number of nitrogens with zero attached hydrogens (tertiary/aromatic N) is 1. The molecule has 0 saturated heterocycles. The summed E-state index contributed by atoms with van der Waals surface area (Å²) in [6.45, 7) is 12.4. The molecule has 0 bridgehead atoms. The van der Waals surface area contributed by atoms with Gasteiger partial charge in [-0.1, -0.05) is 27.7 Å². The fourth-order valence-electron chi connectivity index (χ4n) is 2.87. The SMILES string of the molecule is CCC(CN)(C1CC1)N(C)C(C)C(C)(C)C. The van der Waals surface area contributed by atoms with Crippen molar-refractivity contribution in [2.45, 2.75) is 65.5 Å². The van der Waals surface area contributed by atoms with Gasteiger partial charge in [0.2, 0.25) is 0 Å². The van der Waals surface area contributed by atoms with Crippen LogP contribution in [0, 0.1) is 11.3 Å². The number of hydrogen-bond acceptors (Lipinski definition) is 2. The Morgan fingerprint density at radius 3 is 2.06 bits per heavy atom. The molecule has 0 amide bonds. The van der Waals surface area contributed by atoms with Crippen molar-refractivity contribution >= 4 is 0 Å². The van der Waals surface area contributed by atoms with Crippen LogP contribution in [0.1, 0.15) is 53.9 Å². The highest BCUT2D eigenvalue weighted by atomic mass is 15.2. The number of nitrogens with two attached hydrogens (primary N) is 1. The molecule has 2 nitrogen and oxygen atoms in total. The lowest BCUT2D eigenvalue weighted by molar-refractivity contribution is 0.0141. The lowest BCUT2D eigenvalue weighted by Gasteiger charge is -2.48. The van der Waals surface area contributed by atoms with Crippen LogP contribution in [-0.2, 0) is 0 Å². The van der Waals surface area contributed by atoms with E-state index in [2.05, 4.69) is 46.6 Å². The normalized spacial score (nSPS) is 23.2. The van der Waals surface area contributed by atoms with E-state index in [1.807, 2.05) is 0 Å². The fourth-order valence-corrected chi connectivity index (χ4v) is 2.87. The molecule has 1 rings (SSSR count). The summed E-state index contributed by atoms with van der Waals surface area (Å²) in [5.74, 6) is 0.831. The van der Waals surface area contributed by atoms with Crippen LogP contribution in [0.5, 0.6) is 0 Å². The first-order valence-electron chi connectivity index (χ1n) is 6.72. The molecular formula is C14H30N2. The van der Waals surface area contributed by atoms with Gasteiger partial charge in [-0.25, -0.2) is 0 Å². The van der Waals surface area contributed by atoms with Crippen molar-refractivity contribution < 1.29 is 0 Å². The lowest BCUT2D eigenvalue weighted by Crippen LogP contribution is -2.59. The number of hydrogen-bond donors (Lipinski definition) is 1. The quantitative estimate of drug-likeness (QED) is 0.781.